The van der Waals surface area contributed by atoms with Crippen LogP contribution in [0.25, 0.3) is 0 Å². The summed E-state index contributed by atoms with van der Waals surface area (Å²) in [5.74, 6) is 0. The molecule has 0 aromatic carbocycles. The van der Waals surface area contributed by atoms with Gasteiger partial charge in [-0.05, 0) is 27.7 Å². The Balaban J connectivity index is 4.06. The van der Waals surface area contributed by atoms with Crippen LogP contribution in [-0.4, -0.2) is 43.4 Å². The summed E-state index contributed by atoms with van der Waals surface area (Å²) in [6, 6.07) is 0. The largest absolute Gasteiger partial charge is 0.447 e. The first kappa shape index (κ1) is 13.2. The highest BCUT2D eigenvalue weighted by molar-refractivity contribution is 5.68. The highest BCUT2D eigenvalue weighted by Gasteiger charge is 2.25. The first-order valence-electron chi connectivity index (χ1n) is 4.86. The van der Waals surface area contributed by atoms with Crippen LogP contribution in [0.2, 0.25) is 0 Å². The Morgan fingerprint density at radius 1 is 1.29 bits per heavy atom. The Labute approximate surface area is 86.2 Å². The smallest absolute Gasteiger partial charge is 0.410 e. The van der Waals surface area contributed by atoms with Gasteiger partial charge in [-0.15, -0.1) is 0 Å². The predicted octanol–water partition coefficient (Wildman–Crippen LogP) is 1.89. The average molecular weight is 203 g/mol. The molecule has 0 aromatic rings. The maximum absolute atomic E-state index is 11.5. The second-order valence-corrected chi connectivity index (χ2v) is 4.02. The first-order chi connectivity index (χ1) is 6.43. The Kier molecular flexibility index (Phi) is 5.53. The van der Waals surface area contributed by atoms with Crippen LogP contribution in [0.15, 0.2) is 0 Å². The number of amides is 1. The van der Waals surface area contributed by atoms with Crippen molar-refractivity contribution in [2.45, 2.75) is 33.2 Å². The molecule has 0 N–H and O–H groups in total. The number of rotatable bonds is 4. The van der Waals surface area contributed by atoms with Crippen molar-refractivity contribution in [3.8, 4) is 0 Å². The fourth-order valence-corrected chi connectivity index (χ4v) is 1.17. The van der Waals surface area contributed by atoms with Crippen LogP contribution in [-0.2, 0) is 9.47 Å². The SMILES string of the molecule is CCN(C(=O)OCCOC)C(C)(C)C. The highest BCUT2D eigenvalue weighted by atomic mass is 16.6. The van der Waals surface area contributed by atoms with Gasteiger partial charge in [0.1, 0.15) is 6.61 Å². The fourth-order valence-electron chi connectivity index (χ4n) is 1.17. The topological polar surface area (TPSA) is 38.8 Å². The molecule has 84 valence electrons. The molecule has 0 atom stereocenters. The molecular weight excluding hydrogens is 182 g/mol. The summed E-state index contributed by atoms with van der Waals surface area (Å²) < 4.78 is 9.82. The molecule has 0 bridgehead atoms. The molecule has 0 spiro atoms. The van der Waals surface area contributed by atoms with Crippen LogP contribution >= 0.6 is 0 Å². The fraction of sp³-hybridized carbons (Fsp3) is 0.900. The second kappa shape index (κ2) is 5.86. The van der Waals surface area contributed by atoms with Gasteiger partial charge in [-0.2, -0.15) is 0 Å². The molecule has 0 aliphatic carbocycles. The molecule has 0 heterocycles. The average Bonchev–Trinajstić information content (AvgIpc) is 2.03. The van der Waals surface area contributed by atoms with E-state index in [2.05, 4.69) is 0 Å². The van der Waals surface area contributed by atoms with Crippen LogP contribution in [0.3, 0.4) is 0 Å². The Morgan fingerprint density at radius 2 is 1.86 bits per heavy atom. The zero-order valence-corrected chi connectivity index (χ0v) is 9.79. The van der Waals surface area contributed by atoms with Gasteiger partial charge in [0.15, 0.2) is 0 Å². The van der Waals surface area contributed by atoms with E-state index in [1.807, 2.05) is 27.7 Å². The van der Waals surface area contributed by atoms with Gasteiger partial charge in [0.2, 0.25) is 0 Å². The van der Waals surface area contributed by atoms with Gasteiger partial charge >= 0.3 is 6.09 Å². The third-order valence-corrected chi connectivity index (χ3v) is 1.86. The second-order valence-electron chi connectivity index (χ2n) is 4.02. The summed E-state index contributed by atoms with van der Waals surface area (Å²) in [6.45, 7) is 9.27. The van der Waals surface area contributed by atoms with Crippen molar-refractivity contribution >= 4 is 6.09 Å². The molecule has 0 aliphatic heterocycles. The minimum atomic E-state index is -0.281. The quantitative estimate of drug-likeness (QED) is 0.655. The van der Waals surface area contributed by atoms with Gasteiger partial charge in [0.05, 0.1) is 6.61 Å². The zero-order chi connectivity index (χ0) is 11.2. The number of methoxy groups -OCH3 is 1. The molecule has 0 fully saturated rings. The molecule has 0 saturated heterocycles. The van der Waals surface area contributed by atoms with Gasteiger partial charge in [0.25, 0.3) is 0 Å². The Morgan fingerprint density at radius 3 is 2.21 bits per heavy atom. The molecule has 14 heavy (non-hydrogen) atoms. The summed E-state index contributed by atoms with van der Waals surface area (Å²) in [4.78, 5) is 13.2. The van der Waals surface area contributed by atoms with Crippen LogP contribution in [0.5, 0.6) is 0 Å². The van der Waals surface area contributed by atoms with E-state index in [4.69, 9.17) is 9.47 Å². The first-order valence-corrected chi connectivity index (χ1v) is 4.86. The standard InChI is InChI=1S/C10H21NO3/c1-6-11(10(2,3)4)9(12)14-8-7-13-5/h6-8H2,1-5H3. The number of carbonyl (C=O) groups excluding carboxylic acids is 1. The lowest BCUT2D eigenvalue weighted by atomic mass is 10.1. The normalized spacial score (nSPS) is 11.2. The van der Waals surface area contributed by atoms with Crippen molar-refractivity contribution in [2.24, 2.45) is 0 Å². The van der Waals surface area contributed by atoms with Gasteiger partial charge < -0.3 is 14.4 Å². The molecule has 0 saturated carbocycles. The summed E-state index contributed by atoms with van der Waals surface area (Å²) in [6.07, 6.45) is -0.281. The van der Waals surface area contributed by atoms with Gasteiger partial charge in [-0.3, -0.25) is 0 Å². The zero-order valence-electron chi connectivity index (χ0n) is 9.79. The van der Waals surface area contributed by atoms with Gasteiger partial charge in [-0.1, -0.05) is 0 Å². The maximum atomic E-state index is 11.5. The maximum Gasteiger partial charge on any atom is 0.410 e. The third-order valence-electron chi connectivity index (χ3n) is 1.86. The van der Waals surface area contributed by atoms with Crippen LogP contribution < -0.4 is 0 Å². The molecule has 4 nitrogen and oxygen atoms in total. The number of hydrogen-bond acceptors (Lipinski definition) is 3. The van der Waals surface area contributed by atoms with E-state index in [0.29, 0.717) is 19.8 Å². The highest BCUT2D eigenvalue weighted by Crippen LogP contribution is 2.13. The number of hydrogen-bond donors (Lipinski definition) is 0. The van der Waals surface area contributed by atoms with Crippen LogP contribution in [0, 0.1) is 0 Å². The lowest BCUT2D eigenvalue weighted by Gasteiger charge is -2.33. The van der Waals surface area contributed by atoms with E-state index < -0.39 is 0 Å². The molecular formula is C10H21NO3. The summed E-state index contributed by atoms with van der Waals surface area (Å²) in [5, 5.41) is 0. The number of carbonyl (C=O) groups is 1. The minimum absolute atomic E-state index is 0.196. The van der Waals surface area contributed by atoms with E-state index >= 15 is 0 Å². The van der Waals surface area contributed by atoms with E-state index in [1.165, 1.54) is 0 Å². The molecule has 0 radical (unpaired) electrons. The van der Waals surface area contributed by atoms with Gasteiger partial charge in [-0.25, -0.2) is 4.79 Å². The molecule has 0 aliphatic rings. The van der Waals surface area contributed by atoms with Crippen molar-refractivity contribution in [1.29, 1.82) is 0 Å². The van der Waals surface area contributed by atoms with Crippen molar-refractivity contribution in [3.63, 3.8) is 0 Å². The number of ether oxygens (including phenoxy) is 2. The van der Waals surface area contributed by atoms with E-state index in [-0.39, 0.29) is 11.6 Å². The summed E-state index contributed by atoms with van der Waals surface area (Å²) in [7, 11) is 1.58. The van der Waals surface area contributed by atoms with Crippen LogP contribution in [0.4, 0.5) is 4.79 Å². The summed E-state index contributed by atoms with van der Waals surface area (Å²) >= 11 is 0. The van der Waals surface area contributed by atoms with Crippen molar-refractivity contribution < 1.29 is 14.3 Å². The molecule has 0 aromatic heterocycles. The van der Waals surface area contributed by atoms with Crippen molar-refractivity contribution in [1.82, 2.24) is 4.90 Å². The van der Waals surface area contributed by atoms with Crippen LogP contribution in [0.1, 0.15) is 27.7 Å². The third kappa shape index (κ3) is 4.46. The molecule has 1 amide bonds. The lowest BCUT2D eigenvalue weighted by Crippen LogP contribution is -2.45. The van der Waals surface area contributed by atoms with Gasteiger partial charge in [0, 0.05) is 19.2 Å². The van der Waals surface area contributed by atoms with Crippen molar-refractivity contribution in [2.75, 3.05) is 26.9 Å². The predicted molar refractivity (Wildman–Crippen MR) is 55.4 cm³/mol. The molecule has 4 heteroatoms. The van der Waals surface area contributed by atoms with Crippen molar-refractivity contribution in [3.05, 3.63) is 0 Å². The molecule has 0 rings (SSSR count). The van der Waals surface area contributed by atoms with E-state index in [1.54, 1.807) is 12.0 Å². The Hall–Kier alpha value is -0.770. The Bertz CT molecular complexity index is 175. The number of nitrogens with zero attached hydrogens (tertiary/aromatic N) is 1. The van der Waals surface area contributed by atoms with E-state index in [0.717, 1.165) is 0 Å². The monoisotopic (exact) mass is 203 g/mol. The van der Waals surface area contributed by atoms with E-state index in [9.17, 15) is 4.79 Å². The lowest BCUT2D eigenvalue weighted by molar-refractivity contribution is 0.0504. The minimum Gasteiger partial charge on any atom is -0.447 e. The molecule has 0 unspecified atom stereocenters. The summed E-state index contributed by atoms with van der Waals surface area (Å²) in [5.41, 5.74) is -0.196.